The van der Waals surface area contributed by atoms with E-state index in [1.165, 1.54) is 16.8 Å². The van der Waals surface area contributed by atoms with Crippen molar-refractivity contribution in [3.63, 3.8) is 0 Å². The van der Waals surface area contributed by atoms with E-state index in [4.69, 9.17) is 5.11 Å². The highest BCUT2D eigenvalue weighted by Crippen LogP contribution is 2.25. The molecule has 0 radical (unpaired) electrons. The van der Waals surface area contributed by atoms with Crippen molar-refractivity contribution in [2.75, 3.05) is 0 Å². The summed E-state index contributed by atoms with van der Waals surface area (Å²) in [5.41, 5.74) is 1.42. The second-order valence-electron chi connectivity index (χ2n) is 4.71. The Labute approximate surface area is 119 Å². The number of hydrogen-bond donors (Lipinski definition) is 1. The molecule has 1 unspecified atom stereocenters. The first-order valence-electron chi connectivity index (χ1n) is 6.41. The maximum absolute atomic E-state index is 13.9. The average Bonchev–Trinajstić information content (AvgIpc) is 2.90. The van der Waals surface area contributed by atoms with E-state index in [9.17, 15) is 9.18 Å². The Bertz CT molecular complexity index is 829. The third kappa shape index (κ3) is 2.14. The maximum atomic E-state index is 13.9. The van der Waals surface area contributed by atoms with Gasteiger partial charge in [0.2, 0.25) is 0 Å². The van der Waals surface area contributed by atoms with Gasteiger partial charge >= 0.3 is 5.97 Å². The lowest BCUT2D eigenvalue weighted by molar-refractivity contribution is 0.0699. The molecule has 2 aromatic carbocycles. The molecule has 0 saturated heterocycles. The number of benzene rings is 2. The summed E-state index contributed by atoms with van der Waals surface area (Å²) >= 11 is 0. The molecule has 0 spiro atoms. The van der Waals surface area contributed by atoms with Crippen molar-refractivity contribution in [1.29, 1.82) is 0 Å². The highest BCUT2D eigenvalue weighted by molar-refractivity contribution is 6.00. The highest BCUT2D eigenvalue weighted by Gasteiger charge is 2.19. The molecule has 106 valence electrons. The Balaban J connectivity index is 2.16. The van der Waals surface area contributed by atoms with Gasteiger partial charge in [-0.1, -0.05) is 29.5 Å². The second-order valence-corrected chi connectivity index (χ2v) is 4.71. The quantitative estimate of drug-likeness (QED) is 0.803. The SMILES string of the molecule is CC(c1ccccc1F)n1nnc2c(C(=O)O)cccc21. The van der Waals surface area contributed by atoms with Gasteiger partial charge in [0.25, 0.3) is 0 Å². The summed E-state index contributed by atoms with van der Waals surface area (Å²) in [4.78, 5) is 11.2. The summed E-state index contributed by atoms with van der Waals surface area (Å²) in [7, 11) is 0. The fourth-order valence-corrected chi connectivity index (χ4v) is 2.37. The van der Waals surface area contributed by atoms with Crippen LogP contribution in [0.4, 0.5) is 4.39 Å². The molecule has 0 aliphatic rings. The number of hydrogen-bond acceptors (Lipinski definition) is 3. The van der Waals surface area contributed by atoms with Crippen LogP contribution >= 0.6 is 0 Å². The average molecular weight is 285 g/mol. The van der Waals surface area contributed by atoms with Crippen LogP contribution in [0.3, 0.4) is 0 Å². The Hall–Kier alpha value is -2.76. The number of aromatic carboxylic acids is 1. The lowest BCUT2D eigenvalue weighted by Crippen LogP contribution is -2.10. The molecule has 0 aliphatic carbocycles. The summed E-state index contributed by atoms with van der Waals surface area (Å²) in [6, 6.07) is 10.9. The summed E-state index contributed by atoms with van der Waals surface area (Å²) in [6.07, 6.45) is 0. The standard InChI is InChI=1S/C15H12FN3O2/c1-9(10-5-2-3-7-12(10)16)19-13-8-4-6-11(15(20)21)14(13)17-18-19/h2-9H,1H3,(H,20,21). The van der Waals surface area contributed by atoms with E-state index < -0.39 is 5.97 Å². The minimum absolute atomic E-state index is 0.0829. The van der Waals surface area contributed by atoms with Gasteiger partial charge in [0.05, 0.1) is 17.1 Å². The number of carboxylic acids is 1. The predicted molar refractivity (Wildman–Crippen MR) is 74.7 cm³/mol. The Morgan fingerprint density at radius 2 is 2.00 bits per heavy atom. The fourth-order valence-electron chi connectivity index (χ4n) is 2.37. The van der Waals surface area contributed by atoms with Crippen molar-refractivity contribution >= 4 is 17.0 Å². The summed E-state index contributed by atoms with van der Waals surface area (Å²) in [5, 5.41) is 17.1. The van der Waals surface area contributed by atoms with Gasteiger partial charge in [-0.15, -0.1) is 5.10 Å². The van der Waals surface area contributed by atoms with Crippen molar-refractivity contribution in [3.8, 4) is 0 Å². The number of carbonyl (C=O) groups is 1. The van der Waals surface area contributed by atoms with Crippen molar-refractivity contribution in [3.05, 3.63) is 59.4 Å². The van der Waals surface area contributed by atoms with Crippen LogP contribution in [-0.4, -0.2) is 26.1 Å². The van der Waals surface area contributed by atoms with Crippen molar-refractivity contribution in [1.82, 2.24) is 15.0 Å². The predicted octanol–water partition coefficient (Wildman–Crippen LogP) is 2.88. The largest absolute Gasteiger partial charge is 0.478 e. The first-order valence-corrected chi connectivity index (χ1v) is 6.41. The molecular weight excluding hydrogens is 273 g/mol. The third-order valence-electron chi connectivity index (χ3n) is 3.46. The van der Waals surface area contributed by atoms with Crippen molar-refractivity contribution in [2.45, 2.75) is 13.0 Å². The van der Waals surface area contributed by atoms with Gasteiger partial charge in [0, 0.05) is 5.56 Å². The van der Waals surface area contributed by atoms with Crippen molar-refractivity contribution < 1.29 is 14.3 Å². The minimum atomic E-state index is -1.06. The Morgan fingerprint density at radius 3 is 2.71 bits per heavy atom. The normalized spacial score (nSPS) is 12.5. The smallest absolute Gasteiger partial charge is 0.338 e. The molecule has 5 nitrogen and oxygen atoms in total. The van der Waals surface area contributed by atoms with Gasteiger partial charge in [-0.25, -0.2) is 13.9 Å². The van der Waals surface area contributed by atoms with Crippen LogP contribution in [0.25, 0.3) is 11.0 Å². The van der Waals surface area contributed by atoms with Crippen molar-refractivity contribution in [2.24, 2.45) is 0 Å². The van der Waals surface area contributed by atoms with Gasteiger partial charge in [0.15, 0.2) is 0 Å². The van der Waals surface area contributed by atoms with Gasteiger partial charge in [-0.3, -0.25) is 0 Å². The van der Waals surface area contributed by atoms with Crippen LogP contribution in [-0.2, 0) is 0 Å². The molecule has 1 heterocycles. The van der Waals surface area contributed by atoms with E-state index in [1.54, 1.807) is 37.3 Å². The summed E-state index contributed by atoms with van der Waals surface area (Å²) in [5.74, 6) is -1.39. The highest BCUT2D eigenvalue weighted by atomic mass is 19.1. The van der Waals surface area contributed by atoms with Crippen LogP contribution in [0.5, 0.6) is 0 Å². The third-order valence-corrected chi connectivity index (χ3v) is 3.46. The van der Waals surface area contributed by atoms with Crippen LogP contribution in [0.2, 0.25) is 0 Å². The number of nitrogens with zero attached hydrogens (tertiary/aromatic N) is 3. The van der Waals surface area contributed by atoms with E-state index in [2.05, 4.69) is 10.3 Å². The molecular formula is C15H12FN3O2. The zero-order chi connectivity index (χ0) is 15.0. The molecule has 1 N–H and O–H groups in total. The molecule has 0 aliphatic heterocycles. The summed E-state index contributed by atoms with van der Waals surface area (Å²) in [6.45, 7) is 1.79. The number of aromatic nitrogens is 3. The van der Waals surface area contributed by atoms with E-state index in [0.717, 1.165) is 0 Å². The first kappa shape index (κ1) is 13.2. The zero-order valence-electron chi connectivity index (χ0n) is 11.2. The monoisotopic (exact) mass is 285 g/mol. The van der Waals surface area contributed by atoms with Crippen LogP contribution in [0.1, 0.15) is 28.9 Å². The number of fused-ring (bicyclic) bond motifs is 1. The molecule has 3 aromatic rings. The molecule has 0 bridgehead atoms. The number of carboxylic acid groups (broad SMARTS) is 1. The van der Waals surface area contributed by atoms with Gasteiger partial charge in [-0.2, -0.15) is 0 Å². The Morgan fingerprint density at radius 1 is 1.24 bits per heavy atom. The van der Waals surface area contributed by atoms with E-state index >= 15 is 0 Å². The first-order chi connectivity index (χ1) is 10.1. The van der Waals surface area contributed by atoms with Crippen LogP contribution in [0.15, 0.2) is 42.5 Å². The van der Waals surface area contributed by atoms with Crippen LogP contribution < -0.4 is 0 Å². The molecule has 21 heavy (non-hydrogen) atoms. The number of halogens is 1. The number of rotatable bonds is 3. The maximum Gasteiger partial charge on any atom is 0.338 e. The molecule has 1 aromatic heterocycles. The van der Waals surface area contributed by atoms with E-state index in [0.29, 0.717) is 16.6 Å². The molecule has 0 saturated carbocycles. The topological polar surface area (TPSA) is 68.0 Å². The molecule has 3 rings (SSSR count). The Kier molecular flexibility index (Phi) is 3.13. The fraction of sp³-hybridized carbons (Fsp3) is 0.133. The lowest BCUT2D eigenvalue weighted by Gasteiger charge is -2.13. The lowest BCUT2D eigenvalue weighted by atomic mass is 10.1. The van der Waals surface area contributed by atoms with Gasteiger partial charge in [0.1, 0.15) is 11.3 Å². The molecule has 0 amide bonds. The van der Waals surface area contributed by atoms with E-state index in [-0.39, 0.29) is 17.4 Å². The van der Waals surface area contributed by atoms with Gasteiger partial charge in [-0.05, 0) is 25.1 Å². The molecule has 6 heteroatoms. The molecule has 1 atom stereocenters. The van der Waals surface area contributed by atoms with Gasteiger partial charge < -0.3 is 5.11 Å². The van der Waals surface area contributed by atoms with Crippen LogP contribution in [0, 0.1) is 5.82 Å². The zero-order valence-corrected chi connectivity index (χ0v) is 11.2. The van der Waals surface area contributed by atoms with E-state index in [1.807, 2.05) is 0 Å². The minimum Gasteiger partial charge on any atom is -0.478 e. The summed E-state index contributed by atoms with van der Waals surface area (Å²) < 4.78 is 15.4. The molecule has 0 fully saturated rings. The second kappa shape index (κ2) is 4.97.